The Morgan fingerprint density at radius 3 is 2.69 bits per heavy atom. The van der Waals surface area contributed by atoms with Gasteiger partial charge in [-0.2, -0.15) is 5.26 Å². The van der Waals surface area contributed by atoms with Crippen molar-refractivity contribution in [1.82, 2.24) is 20.2 Å². The Morgan fingerprint density at radius 2 is 2.03 bits per heavy atom. The van der Waals surface area contributed by atoms with Crippen LogP contribution in [-0.2, 0) is 0 Å². The maximum Gasteiger partial charge on any atom is 0.233 e. The van der Waals surface area contributed by atoms with Crippen LogP contribution in [0, 0.1) is 31.1 Å². The molecule has 0 bridgehead atoms. The quantitative estimate of drug-likeness (QED) is 0.637. The van der Waals surface area contributed by atoms with Crippen molar-refractivity contribution in [1.29, 1.82) is 5.26 Å². The highest BCUT2D eigenvalue weighted by Gasteiger charge is 2.22. The summed E-state index contributed by atoms with van der Waals surface area (Å²) in [6.07, 6.45) is 3.72. The first kappa shape index (κ1) is 19.3. The summed E-state index contributed by atoms with van der Waals surface area (Å²) in [5, 5.41) is 18.8. The number of aryl methyl sites for hydroxylation is 2. The van der Waals surface area contributed by atoms with E-state index in [0.717, 1.165) is 53.0 Å². The van der Waals surface area contributed by atoms with E-state index in [1.54, 1.807) is 23.6 Å². The largest absolute Gasteiger partial charge is 0.476 e. The number of piperidine rings is 1. The zero-order valence-corrected chi connectivity index (χ0v) is 17.3. The van der Waals surface area contributed by atoms with E-state index >= 15 is 0 Å². The average molecular weight is 407 g/mol. The van der Waals surface area contributed by atoms with Gasteiger partial charge in [-0.05, 0) is 50.8 Å². The summed E-state index contributed by atoms with van der Waals surface area (Å²) in [5.41, 5.74) is 2.44. The maximum atomic E-state index is 9.27. The van der Waals surface area contributed by atoms with Gasteiger partial charge in [0.2, 0.25) is 5.88 Å². The van der Waals surface area contributed by atoms with Crippen molar-refractivity contribution in [3.8, 4) is 22.5 Å². The lowest BCUT2D eigenvalue weighted by Gasteiger charge is -2.32. The highest BCUT2D eigenvalue weighted by Crippen LogP contribution is 2.28. The number of anilines is 1. The number of nitrogens with zero attached hydrogens (tertiary/aromatic N) is 6. The van der Waals surface area contributed by atoms with Crippen molar-refractivity contribution in [2.75, 3.05) is 24.6 Å². The van der Waals surface area contributed by atoms with Crippen LogP contribution in [-0.4, -0.2) is 39.9 Å². The van der Waals surface area contributed by atoms with E-state index < -0.39 is 0 Å². The molecule has 0 N–H and O–H groups in total. The van der Waals surface area contributed by atoms with Crippen LogP contribution in [0.3, 0.4) is 0 Å². The molecule has 1 aliphatic heterocycles. The Kier molecular flexibility index (Phi) is 5.67. The first-order valence-electron chi connectivity index (χ1n) is 9.65. The summed E-state index contributed by atoms with van der Waals surface area (Å²) >= 11 is 1.63. The van der Waals surface area contributed by atoms with Gasteiger partial charge in [0.25, 0.3) is 0 Å². The Morgan fingerprint density at radius 1 is 1.21 bits per heavy atom. The molecule has 0 atom stereocenters. The number of ether oxygens (including phenoxy) is 1. The van der Waals surface area contributed by atoms with Gasteiger partial charge in [-0.25, -0.2) is 9.97 Å². The van der Waals surface area contributed by atoms with Crippen LogP contribution in [0.15, 0.2) is 30.5 Å². The zero-order chi connectivity index (χ0) is 20.2. The van der Waals surface area contributed by atoms with Gasteiger partial charge >= 0.3 is 0 Å². The fourth-order valence-electron chi connectivity index (χ4n) is 3.54. The van der Waals surface area contributed by atoms with Crippen LogP contribution in [0.2, 0.25) is 0 Å². The van der Waals surface area contributed by atoms with Crippen molar-refractivity contribution in [3.05, 3.63) is 46.7 Å². The minimum absolute atomic E-state index is 0.452. The highest BCUT2D eigenvalue weighted by molar-refractivity contribution is 7.15. The first-order valence-corrected chi connectivity index (χ1v) is 10.5. The van der Waals surface area contributed by atoms with Crippen molar-refractivity contribution in [3.63, 3.8) is 0 Å². The monoisotopic (exact) mass is 406 g/mol. The van der Waals surface area contributed by atoms with Gasteiger partial charge in [-0.15, -0.1) is 21.5 Å². The molecule has 29 heavy (non-hydrogen) atoms. The fourth-order valence-corrected chi connectivity index (χ4v) is 4.42. The molecule has 0 saturated carbocycles. The molecule has 4 rings (SSSR count). The topological polar surface area (TPSA) is 87.8 Å². The summed E-state index contributed by atoms with van der Waals surface area (Å²) in [6.45, 7) is 6.34. The van der Waals surface area contributed by atoms with Crippen molar-refractivity contribution in [2.45, 2.75) is 26.7 Å². The Balaban J connectivity index is 1.30. The highest BCUT2D eigenvalue weighted by atomic mass is 32.1. The lowest BCUT2D eigenvalue weighted by atomic mass is 9.97. The molecule has 3 aromatic rings. The van der Waals surface area contributed by atoms with E-state index in [-0.39, 0.29) is 0 Å². The van der Waals surface area contributed by atoms with Crippen LogP contribution in [0.5, 0.6) is 5.88 Å². The van der Waals surface area contributed by atoms with Crippen LogP contribution in [0.1, 0.15) is 29.1 Å². The SMILES string of the molecule is Cc1nc(C)c(-c2ccc(OCC3CCN(c4ncccc4C#N)CC3)nn2)s1. The van der Waals surface area contributed by atoms with E-state index in [2.05, 4.69) is 31.1 Å². The number of nitriles is 1. The molecule has 0 amide bonds. The van der Waals surface area contributed by atoms with Crippen LogP contribution in [0.25, 0.3) is 10.6 Å². The maximum absolute atomic E-state index is 9.27. The normalized spacial score (nSPS) is 14.6. The third kappa shape index (κ3) is 4.35. The van der Waals surface area contributed by atoms with E-state index in [1.165, 1.54) is 0 Å². The number of thiazole rings is 1. The van der Waals surface area contributed by atoms with Gasteiger partial charge in [-0.3, -0.25) is 0 Å². The summed E-state index contributed by atoms with van der Waals surface area (Å²) < 4.78 is 5.89. The number of pyridine rings is 1. The molecular formula is C21H22N6OS. The summed E-state index contributed by atoms with van der Waals surface area (Å²) in [7, 11) is 0. The van der Waals surface area contributed by atoms with E-state index in [1.807, 2.05) is 32.0 Å². The second-order valence-corrected chi connectivity index (χ2v) is 8.34. The summed E-state index contributed by atoms with van der Waals surface area (Å²) in [4.78, 5) is 12.1. The molecule has 1 saturated heterocycles. The smallest absolute Gasteiger partial charge is 0.233 e. The van der Waals surface area contributed by atoms with E-state index in [4.69, 9.17) is 4.74 Å². The molecule has 1 fully saturated rings. The predicted octanol–water partition coefficient (Wildman–Crippen LogP) is 3.78. The average Bonchev–Trinajstić information content (AvgIpc) is 3.11. The van der Waals surface area contributed by atoms with Gasteiger partial charge in [0, 0.05) is 25.4 Å². The minimum Gasteiger partial charge on any atom is -0.476 e. The minimum atomic E-state index is 0.452. The van der Waals surface area contributed by atoms with Gasteiger partial charge in [-0.1, -0.05) is 0 Å². The fraction of sp³-hybridized carbons (Fsp3) is 0.381. The van der Waals surface area contributed by atoms with Crippen LogP contribution < -0.4 is 9.64 Å². The van der Waals surface area contributed by atoms with Gasteiger partial charge in [0.05, 0.1) is 27.7 Å². The molecule has 7 nitrogen and oxygen atoms in total. The predicted molar refractivity (Wildman–Crippen MR) is 112 cm³/mol. The van der Waals surface area contributed by atoms with Gasteiger partial charge in [0.1, 0.15) is 17.6 Å². The molecule has 1 aliphatic rings. The zero-order valence-electron chi connectivity index (χ0n) is 16.5. The van der Waals surface area contributed by atoms with Gasteiger partial charge < -0.3 is 9.64 Å². The Bertz CT molecular complexity index is 1020. The van der Waals surface area contributed by atoms with Crippen molar-refractivity contribution < 1.29 is 4.74 Å². The summed E-state index contributed by atoms with van der Waals surface area (Å²) in [5.74, 6) is 1.78. The van der Waals surface area contributed by atoms with Crippen molar-refractivity contribution in [2.24, 2.45) is 5.92 Å². The lowest BCUT2D eigenvalue weighted by Crippen LogP contribution is -2.36. The van der Waals surface area contributed by atoms with E-state index in [9.17, 15) is 5.26 Å². The standard InChI is InChI=1S/C21H22N6OS/c1-14-20(29-15(2)24-14)18-5-6-19(26-25-18)28-13-16-7-10-27(11-8-16)21-17(12-22)4-3-9-23-21/h3-6,9,16H,7-8,10-11,13H2,1-2H3. The van der Waals surface area contributed by atoms with Crippen molar-refractivity contribution >= 4 is 17.2 Å². The molecule has 4 heterocycles. The van der Waals surface area contributed by atoms with Crippen LogP contribution >= 0.6 is 11.3 Å². The third-order valence-electron chi connectivity index (χ3n) is 5.06. The molecular weight excluding hydrogens is 384 g/mol. The lowest BCUT2D eigenvalue weighted by molar-refractivity contribution is 0.214. The molecule has 0 unspecified atom stereocenters. The number of hydrogen-bond acceptors (Lipinski definition) is 8. The molecule has 0 spiro atoms. The Hall–Kier alpha value is -3.05. The first-order chi connectivity index (χ1) is 14.1. The Labute approximate surface area is 174 Å². The number of aromatic nitrogens is 4. The molecule has 0 aromatic carbocycles. The molecule has 8 heteroatoms. The molecule has 0 aliphatic carbocycles. The molecule has 0 radical (unpaired) electrons. The second kappa shape index (κ2) is 8.53. The van der Waals surface area contributed by atoms with Gasteiger partial charge in [0.15, 0.2) is 0 Å². The third-order valence-corrected chi connectivity index (χ3v) is 6.16. The number of rotatable bonds is 5. The molecule has 3 aromatic heterocycles. The second-order valence-electron chi connectivity index (χ2n) is 7.13. The van der Waals surface area contributed by atoms with E-state index in [0.29, 0.717) is 24.0 Å². The molecule has 148 valence electrons. The van der Waals surface area contributed by atoms with Crippen LogP contribution in [0.4, 0.5) is 5.82 Å². The number of hydrogen-bond donors (Lipinski definition) is 0. The summed E-state index contributed by atoms with van der Waals surface area (Å²) in [6, 6.07) is 9.65.